The molecule has 0 aliphatic carbocycles. The number of benzene rings is 2. The van der Waals surface area contributed by atoms with E-state index in [9.17, 15) is 22.4 Å². The van der Waals surface area contributed by atoms with Crippen LogP contribution in [0.2, 0.25) is 0 Å². The first kappa shape index (κ1) is 18.6. The molecule has 0 atom stereocenters. The van der Waals surface area contributed by atoms with Crippen LogP contribution in [0.25, 0.3) is 0 Å². The van der Waals surface area contributed by atoms with Crippen LogP contribution in [0.3, 0.4) is 0 Å². The third-order valence-electron chi connectivity index (χ3n) is 3.24. The number of carbonyl (C=O) groups excluding carboxylic acids is 2. The fourth-order valence-electron chi connectivity index (χ4n) is 2.08. The first-order chi connectivity index (χ1) is 11.8. The van der Waals surface area contributed by atoms with Gasteiger partial charge in [0.05, 0.1) is 10.6 Å². The Labute approximate surface area is 145 Å². The second-order valence-electron chi connectivity index (χ2n) is 5.33. The van der Waals surface area contributed by atoms with Crippen molar-refractivity contribution in [2.45, 2.75) is 18.2 Å². The maximum atomic E-state index is 13.1. The van der Waals surface area contributed by atoms with Gasteiger partial charge < -0.3 is 10.6 Å². The van der Waals surface area contributed by atoms with Crippen molar-refractivity contribution < 1.29 is 22.4 Å². The summed E-state index contributed by atoms with van der Waals surface area (Å²) < 4.78 is 37.6. The summed E-state index contributed by atoms with van der Waals surface area (Å²) in [6.45, 7) is 1.35. The van der Waals surface area contributed by atoms with Gasteiger partial charge in [-0.2, -0.15) is 0 Å². The van der Waals surface area contributed by atoms with Gasteiger partial charge in [0.15, 0.2) is 9.84 Å². The lowest BCUT2D eigenvalue weighted by atomic mass is 10.3. The van der Waals surface area contributed by atoms with Crippen molar-refractivity contribution in [1.82, 2.24) is 0 Å². The molecule has 0 radical (unpaired) electrons. The van der Waals surface area contributed by atoms with Crippen LogP contribution in [0.15, 0.2) is 53.4 Å². The van der Waals surface area contributed by atoms with Gasteiger partial charge in [0.1, 0.15) is 5.82 Å². The van der Waals surface area contributed by atoms with Gasteiger partial charge >= 0.3 is 0 Å². The van der Waals surface area contributed by atoms with Crippen LogP contribution in [-0.2, 0) is 19.4 Å². The van der Waals surface area contributed by atoms with E-state index < -0.39 is 21.6 Å². The number of nitrogens with one attached hydrogen (secondary N) is 2. The molecule has 0 unspecified atom stereocenters. The zero-order chi connectivity index (χ0) is 18.4. The summed E-state index contributed by atoms with van der Waals surface area (Å²) >= 11 is 0. The number of anilines is 2. The molecule has 2 rings (SSSR count). The van der Waals surface area contributed by atoms with Gasteiger partial charge in [0.25, 0.3) is 0 Å². The standard InChI is InChI=1S/C17H17FN2O4S/c1-12(21)19-14-5-7-16(8-6-14)25(23,24)10-9-17(22)20-15-4-2-3-13(18)11-15/h2-8,11H,9-10H2,1H3,(H,19,21)(H,20,22). The Hall–Kier alpha value is -2.74. The Bertz CT molecular complexity index is 880. The summed E-state index contributed by atoms with van der Waals surface area (Å²) in [5.74, 6) is -1.66. The SMILES string of the molecule is CC(=O)Nc1ccc(S(=O)(=O)CCC(=O)Nc2cccc(F)c2)cc1. The van der Waals surface area contributed by atoms with E-state index >= 15 is 0 Å². The molecule has 25 heavy (non-hydrogen) atoms. The molecule has 0 aliphatic heterocycles. The Morgan fingerprint density at radius 1 is 1.00 bits per heavy atom. The van der Waals surface area contributed by atoms with Crippen LogP contribution in [0, 0.1) is 5.82 Å². The van der Waals surface area contributed by atoms with E-state index in [0.29, 0.717) is 5.69 Å². The van der Waals surface area contributed by atoms with Gasteiger partial charge in [-0.15, -0.1) is 0 Å². The van der Waals surface area contributed by atoms with Crippen LogP contribution in [-0.4, -0.2) is 26.0 Å². The Morgan fingerprint density at radius 3 is 2.28 bits per heavy atom. The minimum Gasteiger partial charge on any atom is -0.326 e. The highest BCUT2D eigenvalue weighted by atomic mass is 32.2. The second-order valence-corrected chi connectivity index (χ2v) is 7.44. The molecule has 0 saturated carbocycles. The zero-order valence-electron chi connectivity index (χ0n) is 13.5. The average molecular weight is 364 g/mol. The normalized spacial score (nSPS) is 11.0. The topological polar surface area (TPSA) is 92.3 Å². The van der Waals surface area contributed by atoms with E-state index in [1.807, 2.05) is 0 Å². The molecule has 0 aliphatic rings. The molecule has 132 valence electrons. The van der Waals surface area contributed by atoms with Crippen LogP contribution in [0.1, 0.15) is 13.3 Å². The molecule has 0 aromatic heterocycles. The number of sulfone groups is 1. The van der Waals surface area contributed by atoms with Crippen molar-refractivity contribution in [1.29, 1.82) is 0 Å². The van der Waals surface area contributed by atoms with Crippen molar-refractivity contribution >= 4 is 33.0 Å². The molecule has 0 bridgehead atoms. The first-order valence-electron chi connectivity index (χ1n) is 7.42. The largest absolute Gasteiger partial charge is 0.326 e. The summed E-state index contributed by atoms with van der Waals surface area (Å²) in [6, 6.07) is 11.0. The van der Waals surface area contributed by atoms with Crippen molar-refractivity contribution in [2.75, 3.05) is 16.4 Å². The van der Waals surface area contributed by atoms with Gasteiger partial charge in [-0.25, -0.2) is 12.8 Å². The monoisotopic (exact) mass is 364 g/mol. The quantitative estimate of drug-likeness (QED) is 0.824. The maximum absolute atomic E-state index is 13.1. The molecule has 0 fully saturated rings. The second kappa shape index (κ2) is 7.89. The van der Waals surface area contributed by atoms with Crippen molar-refractivity contribution in [2.24, 2.45) is 0 Å². The van der Waals surface area contributed by atoms with E-state index in [2.05, 4.69) is 10.6 Å². The fourth-order valence-corrected chi connectivity index (χ4v) is 3.32. The van der Waals surface area contributed by atoms with Crippen LogP contribution in [0.4, 0.5) is 15.8 Å². The molecule has 6 nitrogen and oxygen atoms in total. The van der Waals surface area contributed by atoms with E-state index in [1.54, 1.807) is 0 Å². The predicted octanol–water partition coefficient (Wildman–Crippen LogP) is 2.59. The van der Waals surface area contributed by atoms with Gasteiger partial charge in [-0.05, 0) is 42.5 Å². The Balaban J connectivity index is 1.96. The van der Waals surface area contributed by atoms with Gasteiger partial charge in [-0.1, -0.05) is 6.07 Å². The molecule has 8 heteroatoms. The van der Waals surface area contributed by atoms with E-state index in [1.165, 1.54) is 49.4 Å². The molecule has 2 aromatic rings. The highest BCUT2D eigenvalue weighted by Gasteiger charge is 2.16. The number of carbonyl (C=O) groups is 2. The molecule has 2 amide bonds. The van der Waals surface area contributed by atoms with Gasteiger partial charge in [-0.3, -0.25) is 9.59 Å². The summed E-state index contributed by atoms with van der Waals surface area (Å²) in [5.41, 5.74) is 0.748. The molecule has 0 saturated heterocycles. The summed E-state index contributed by atoms with van der Waals surface area (Å²) in [7, 11) is -3.65. The van der Waals surface area contributed by atoms with Crippen LogP contribution in [0.5, 0.6) is 0 Å². The minimum absolute atomic E-state index is 0.0557. The Morgan fingerprint density at radius 2 is 1.68 bits per heavy atom. The van der Waals surface area contributed by atoms with Gasteiger partial charge in [0.2, 0.25) is 11.8 Å². The van der Waals surface area contributed by atoms with Crippen molar-refractivity contribution in [3.8, 4) is 0 Å². The summed E-state index contributed by atoms with van der Waals surface area (Å²) in [4.78, 5) is 22.8. The fraction of sp³-hybridized carbons (Fsp3) is 0.176. The zero-order valence-corrected chi connectivity index (χ0v) is 14.3. The lowest BCUT2D eigenvalue weighted by molar-refractivity contribution is -0.116. The number of rotatable bonds is 6. The predicted molar refractivity (Wildman–Crippen MR) is 92.4 cm³/mol. The molecular weight excluding hydrogens is 347 g/mol. The average Bonchev–Trinajstić information content (AvgIpc) is 2.53. The summed E-state index contributed by atoms with van der Waals surface area (Å²) in [6.07, 6.45) is -0.258. The maximum Gasteiger partial charge on any atom is 0.225 e. The lowest BCUT2D eigenvalue weighted by Crippen LogP contribution is -2.17. The van der Waals surface area contributed by atoms with E-state index in [0.717, 1.165) is 6.07 Å². The first-order valence-corrected chi connectivity index (χ1v) is 9.07. The van der Waals surface area contributed by atoms with Crippen molar-refractivity contribution in [3.63, 3.8) is 0 Å². The Kier molecular flexibility index (Phi) is 5.87. The number of halogens is 1. The highest BCUT2D eigenvalue weighted by Crippen LogP contribution is 2.17. The summed E-state index contributed by atoms with van der Waals surface area (Å²) in [5, 5.41) is 4.98. The molecular formula is C17H17FN2O4S. The van der Waals surface area contributed by atoms with Gasteiger partial charge in [0, 0.05) is 24.7 Å². The van der Waals surface area contributed by atoms with Crippen LogP contribution >= 0.6 is 0 Å². The van der Waals surface area contributed by atoms with Crippen molar-refractivity contribution in [3.05, 3.63) is 54.3 Å². The lowest BCUT2D eigenvalue weighted by Gasteiger charge is -2.07. The molecule has 2 N–H and O–H groups in total. The molecule has 0 heterocycles. The molecule has 0 spiro atoms. The number of amides is 2. The minimum atomic E-state index is -3.65. The van der Waals surface area contributed by atoms with E-state index in [4.69, 9.17) is 0 Å². The highest BCUT2D eigenvalue weighted by molar-refractivity contribution is 7.91. The third kappa shape index (κ3) is 5.68. The number of hydrogen-bond acceptors (Lipinski definition) is 4. The van der Waals surface area contributed by atoms with Crippen LogP contribution < -0.4 is 10.6 Å². The third-order valence-corrected chi connectivity index (χ3v) is 4.97. The molecule has 2 aromatic carbocycles. The smallest absolute Gasteiger partial charge is 0.225 e. The number of hydrogen-bond donors (Lipinski definition) is 2. The van der Waals surface area contributed by atoms with E-state index in [-0.39, 0.29) is 28.7 Å².